The van der Waals surface area contributed by atoms with Crippen LogP contribution >= 0.6 is 0 Å². The van der Waals surface area contributed by atoms with Gasteiger partial charge in [-0.3, -0.25) is 0 Å². The molecule has 1 aromatic rings. The Bertz CT molecular complexity index is 313. The zero-order valence-corrected chi connectivity index (χ0v) is 9.85. The fraction of sp³-hybridized carbons (Fsp3) is 0.538. The van der Waals surface area contributed by atoms with E-state index in [4.69, 9.17) is 4.74 Å². The van der Waals surface area contributed by atoms with Crippen molar-refractivity contribution in [2.75, 3.05) is 7.11 Å². The monoisotopic (exact) mass is 192 g/mol. The number of benzene rings is 1. The van der Waals surface area contributed by atoms with Crippen LogP contribution in [0.3, 0.4) is 0 Å². The van der Waals surface area contributed by atoms with Crippen LogP contribution in [0.1, 0.15) is 38.3 Å². The van der Waals surface area contributed by atoms with Gasteiger partial charge in [0.05, 0.1) is 7.11 Å². The number of hydrogen-bond acceptors (Lipinski definition) is 1. The van der Waals surface area contributed by atoms with Gasteiger partial charge in [-0.2, -0.15) is 0 Å². The van der Waals surface area contributed by atoms with E-state index in [1.165, 1.54) is 11.1 Å². The second-order valence-corrected chi connectivity index (χ2v) is 4.42. The summed E-state index contributed by atoms with van der Waals surface area (Å²) in [6.07, 6.45) is 1.14. The molecule has 0 saturated heterocycles. The van der Waals surface area contributed by atoms with Crippen LogP contribution in [0, 0.1) is 6.92 Å². The lowest BCUT2D eigenvalue weighted by Gasteiger charge is -2.24. The first-order valence-electron chi connectivity index (χ1n) is 5.16. The third-order valence-corrected chi connectivity index (χ3v) is 3.07. The van der Waals surface area contributed by atoms with Gasteiger partial charge in [0.1, 0.15) is 5.75 Å². The zero-order chi connectivity index (χ0) is 10.8. The minimum absolute atomic E-state index is 0.237. The molecule has 0 fully saturated rings. The summed E-state index contributed by atoms with van der Waals surface area (Å²) in [4.78, 5) is 0. The van der Waals surface area contributed by atoms with E-state index in [0.717, 1.165) is 12.2 Å². The SMILES string of the molecule is CCC(C)(C)c1ccc(C)c(OC)c1. The average molecular weight is 192 g/mol. The van der Waals surface area contributed by atoms with E-state index in [9.17, 15) is 0 Å². The molecule has 0 atom stereocenters. The highest BCUT2D eigenvalue weighted by Crippen LogP contribution is 2.30. The van der Waals surface area contributed by atoms with Crippen molar-refractivity contribution in [1.82, 2.24) is 0 Å². The van der Waals surface area contributed by atoms with E-state index in [2.05, 4.69) is 45.9 Å². The maximum absolute atomic E-state index is 5.33. The van der Waals surface area contributed by atoms with Crippen LogP contribution < -0.4 is 4.74 Å². The maximum atomic E-state index is 5.33. The largest absolute Gasteiger partial charge is 0.496 e. The highest BCUT2D eigenvalue weighted by Gasteiger charge is 2.18. The van der Waals surface area contributed by atoms with Gasteiger partial charge in [0.15, 0.2) is 0 Å². The molecule has 0 bridgehead atoms. The Morgan fingerprint density at radius 3 is 2.43 bits per heavy atom. The van der Waals surface area contributed by atoms with Gasteiger partial charge in [-0.05, 0) is 36.0 Å². The Kier molecular flexibility index (Phi) is 3.20. The van der Waals surface area contributed by atoms with Crippen LogP contribution in [0.15, 0.2) is 18.2 Å². The molecule has 0 radical (unpaired) electrons. The summed E-state index contributed by atoms with van der Waals surface area (Å²) in [6, 6.07) is 6.48. The van der Waals surface area contributed by atoms with Gasteiger partial charge in [0, 0.05) is 0 Å². The molecule has 1 rings (SSSR count). The fourth-order valence-electron chi connectivity index (χ4n) is 1.45. The second-order valence-electron chi connectivity index (χ2n) is 4.42. The molecule has 0 saturated carbocycles. The van der Waals surface area contributed by atoms with E-state index in [1.54, 1.807) is 7.11 Å². The molecule has 0 heterocycles. The lowest BCUT2D eigenvalue weighted by molar-refractivity contribution is 0.408. The van der Waals surface area contributed by atoms with Crippen molar-refractivity contribution in [1.29, 1.82) is 0 Å². The number of aryl methyl sites for hydroxylation is 1. The summed E-state index contributed by atoms with van der Waals surface area (Å²) in [5, 5.41) is 0. The predicted octanol–water partition coefficient (Wildman–Crippen LogP) is 3.69. The topological polar surface area (TPSA) is 9.23 Å². The maximum Gasteiger partial charge on any atom is 0.122 e. The third kappa shape index (κ3) is 2.09. The Morgan fingerprint density at radius 1 is 1.29 bits per heavy atom. The number of hydrogen-bond donors (Lipinski definition) is 0. The fourth-order valence-corrected chi connectivity index (χ4v) is 1.45. The summed E-state index contributed by atoms with van der Waals surface area (Å²) in [7, 11) is 1.73. The second kappa shape index (κ2) is 4.04. The molecule has 0 unspecified atom stereocenters. The van der Waals surface area contributed by atoms with E-state index in [0.29, 0.717) is 0 Å². The zero-order valence-electron chi connectivity index (χ0n) is 9.85. The summed E-state index contributed by atoms with van der Waals surface area (Å²) in [6.45, 7) is 8.81. The molecule has 0 amide bonds. The first kappa shape index (κ1) is 11.1. The molecule has 0 aliphatic rings. The van der Waals surface area contributed by atoms with Crippen molar-refractivity contribution in [3.63, 3.8) is 0 Å². The molecular weight excluding hydrogens is 172 g/mol. The standard InChI is InChI=1S/C13H20O/c1-6-13(3,4)11-8-7-10(2)12(9-11)14-5/h7-9H,6H2,1-5H3. The van der Waals surface area contributed by atoms with Crippen molar-refractivity contribution in [2.45, 2.75) is 39.5 Å². The first-order valence-corrected chi connectivity index (χ1v) is 5.16. The molecule has 78 valence electrons. The van der Waals surface area contributed by atoms with Gasteiger partial charge in [0.2, 0.25) is 0 Å². The Morgan fingerprint density at radius 2 is 1.93 bits per heavy atom. The normalized spacial score (nSPS) is 11.5. The molecule has 0 spiro atoms. The van der Waals surface area contributed by atoms with Crippen LogP contribution in [0.5, 0.6) is 5.75 Å². The highest BCUT2D eigenvalue weighted by atomic mass is 16.5. The Hall–Kier alpha value is -0.980. The molecule has 0 N–H and O–H groups in total. The molecule has 0 aliphatic heterocycles. The lowest BCUT2D eigenvalue weighted by Crippen LogP contribution is -2.15. The summed E-state index contributed by atoms with van der Waals surface area (Å²) >= 11 is 0. The number of ether oxygens (including phenoxy) is 1. The van der Waals surface area contributed by atoms with Crippen molar-refractivity contribution < 1.29 is 4.74 Å². The van der Waals surface area contributed by atoms with Crippen LogP contribution in [-0.4, -0.2) is 7.11 Å². The van der Waals surface area contributed by atoms with Crippen LogP contribution in [0.25, 0.3) is 0 Å². The molecule has 1 nitrogen and oxygen atoms in total. The molecule has 1 aromatic carbocycles. The van der Waals surface area contributed by atoms with Crippen LogP contribution in [0.4, 0.5) is 0 Å². The van der Waals surface area contributed by atoms with Crippen molar-refractivity contribution in [3.8, 4) is 5.75 Å². The van der Waals surface area contributed by atoms with Crippen LogP contribution in [0.2, 0.25) is 0 Å². The van der Waals surface area contributed by atoms with Crippen LogP contribution in [-0.2, 0) is 5.41 Å². The minimum Gasteiger partial charge on any atom is -0.496 e. The van der Waals surface area contributed by atoms with Crippen molar-refractivity contribution in [3.05, 3.63) is 29.3 Å². The molecular formula is C13H20O. The summed E-state index contributed by atoms with van der Waals surface area (Å²) < 4.78 is 5.33. The molecule has 0 aliphatic carbocycles. The molecule has 1 heteroatoms. The van der Waals surface area contributed by atoms with E-state index in [-0.39, 0.29) is 5.41 Å². The number of methoxy groups -OCH3 is 1. The Balaban J connectivity index is 3.12. The van der Waals surface area contributed by atoms with Gasteiger partial charge >= 0.3 is 0 Å². The minimum atomic E-state index is 0.237. The predicted molar refractivity (Wildman–Crippen MR) is 61.0 cm³/mol. The summed E-state index contributed by atoms with van der Waals surface area (Å²) in [5.41, 5.74) is 2.78. The van der Waals surface area contributed by atoms with E-state index in [1.807, 2.05) is 0 Å². The van der Waals surface area contributed by atoms with Gasteiger partial charge in [0.25, 0.3) is 0 Å². The number of rotatable bonds is 3. The van der Waals surface area contributed by atoms with Crippen molar-refractivity contribution in [2.24, 2.45) is 0 Å². The highest BCUT2D eigenvalue weighted by molar-refractivity contribution is 5.39. The Labute approximate surface area is 87.1 Å². The van der Waals surface area contributed by atoms with E-state index >= 15 is 0 Å². The van der Waals surface area contributed by atoms with Gasteiger partial charge in [-0.15, -0.1) is 0 Å². The van der Waals surface area contributed by atoms with Gasteiger partial charge in [-0.1, -0.05) is 32.9 Å². The quantitative estimate of drug-likeness (QED) is 0.709. The lowest BCUT2D eigenvalue weighted by atomic mass is 9.82. The van der Waals surface area contributed by atoms with Gasteiger partial charge < -0.3 is 4.74 Å². The molecule has 14 heavy (non-hydrogen) atoms. The first-order chi connectivity index (χ1) is 6.51. The third-order valence-electron chi connectivity index (χ3n) is 3.07. The van der Waals surface area contributed by atoms with E-state index < -0.39 is 0 Å². The van der Waals surface area contributed by atoms with Crippen molar-refractivity contribution >= 4 is 0 Å². The smallest absolute Gasteiger partial charge is 0.122 e. The molecule has 0 aromatic heterocycles. The summed E-state index contributed by atoms with van der Waals surface area (Å²) in [5.74, 6) is 0.990. The van der Waals surface area contributed by atoms with Gasteiger partial charge in [-0.25, -0.2) is 0 Å². The average Bonchev–Trinajstić information content (AvgIpc) is 2.18.